The summed E-state index contributed by atoms with van der Waals surface area (Å²) < 4.78 is 3.51. The highest BCUT2D eigenvalue weighted by Gasteiger charge is 2.37. The molecular weight excluding hydrogens is 246 g/mol. The molecule has 9 heteroatoms. The van der Waals surface area contributed by atoms with E-state index < -0.39 is 11.9 Å². The van der Waals surface area contributed by atoms with Crippen LogP contribution in [-0.2, 0) is 4.79 Å². The molecule has 92 valence electrons. The van der Waals surface area contributed by atoms with E-state index in [0.717, 1.165) is 11.5 Å². The van der Waals surface area contributed by atoms with Crippen LogP contribution in [0.15, 0.2) is 0 Å². The molecule has 1 fully saturated rings. The number of urea groups is 1. The lowest BCUT2D eigenvalue weighted by molar-refractivity contribution is -0.144. The third-order valence-corrected chi connectivity index (χ3v) is 3.32. The van der Waals surface area contributed by atoms with Crippen molar-refractivity contribution in [1.82, 2.24) is 19.7 Å². The van der Waals surface area contributed by atoms with Crippen LogP contribution in [0, 0.1) is 11.8 Å². The predicted molar refractivity (Wildman–Crippen MR) is 58.6 cm³/mol. The molecule has 1 aromatic rings. The number of rotatable bonds is 3. The number of anilines is 1. The van der Waals surface area contributed by atoms with Gasteiger partial charge in [0.25, 0.3) is 0 Å². The fraction of sp³-hybridized carbons (Fsp3) is 0.625. The van der Waals surface area contributed by atoms with E-state index in [2.05, 4.69) is 20.1 Å². The summed E-state index contributed by atoms with van der Waals surface area (Å²) in [6, 6.07) is -0.294. The van der Waals surface area contributed by atoms with E-state index in [-0.39, 0.29) is 11.9 Å². The lowest BCUT2D eigenvalue weighted by atomic mass is 9.87. The van der Waals surface area contributed by atoms with Gasteiger partial charge in [-0.15, -0.1) is 0 Å². The summed E-state index contributed by atoms with van der Waals surface area (Å²) in [5, 5.41) is 18.6. The average Bonchev–Trinajstić information content (AvgIpc) is 2.67. The molecule has 2 rings (SSSR count). The maximum atomic E-state index is 11.6. The second-order valence-corrected chi connectivity index (χ2v) is 4.62. The predicted octanol–water partition coefficient (Wildman–Crippen LogP) is 0.117. The smallest absolute Gasteiger partial charge is 0.323 e. The SMILES string of the molecule is CC(C(=O)O)C1CN(C(=O)Nc2nnns2)C1. The number of hydrogen-bond donors (Lipinski definition) is 2. The number of hydrogen-bond acceptors (Lipinski definition) is 6. The van der Waals surface area contributed by atoms with Crippen molar-refractivity contribution in [1.29, 1.82) is 0 Å². The molecule has 0 bridgehead atoms. The van der Waals surface area contributed by atoms with Crippen molar-refractivity contribution in [2.75, 3.05) is 18.4 Å². The Labute approximate surface area is 101 Å². The van der Waals surface area contributed by atoms with E-state index in [0.29, 0.717) is 18.2 Å². The molecule has 1 atom stereocenters. The summed E-state index contributed by atoms with van der Waals surface area (Å²) in [6.07, 6.45) is 0. The lowest BCUT2D eigenvalue weighted by Gasteiger charge is -2.40. The van der Waals surface area contributed by atoms with Crippen LogP contribution in [0.25, 0.3) is 0 Å². The van der Waals surface area contributed by atoms with Gasteiger partial charge in [-0.05, 0) is 5.21 Å². The summed E-state index contributed by atoms with van der Waals surface area (Å²) in [7, 11) is 0. The van der Waals surface area contributed by atoms with E-state index in [9.17, 15) is 9.59 Å². The van der Waals surface area contributed by atoms with Gasteiger partial charge in [0.15, 0.2) is 0 Å². The lowest BCUT2D eigenvalue weighted by Crippen LogP contribution is -2.54. The highest BCUT2D eigenvalue weighted by molar-refractivity contribution is 7.09. The van der Waals surface area contributed by atoms with E-state index >= 15 is 0 Å². The molecule has 0 saturated carbocycles. The first-order valence-corrected chi connectivity index (χ1v) is 5.79. The molecule has 2 N–H and O–H groups in total. The molecule has 0 spiro atoms. The van der Waals surface area contributed by atoms with Crippen molar-refractivity contribution in [3.63, 3.8) is 0 Å². The van der Waals surface area contributed by atoms with Gasteiger partial charge in [0.2, 0.25) is 5.13 Å². The van der Waals surface area contributed by atoms with Gasteiger partial charge in [0.05, 0.1) is 5.92 Å². The topological polar surface area (TPSA) is 108 Å². The molecule has 0 aromatic carbocycles. The maximum Gasteiger partial charge on any atom is 0.323 e. The van der Waals surface area contributed by atoms with Crippen LogP contribution in [0.3, 0.4) is 0 Å². The van der Waals surface area contributed by atoms with Crippen LogP contribution in [0.2, 0.25) is 0 Å². The van der Waals surface area contributed by atoms with Crippen LogP contribution >= 0.6 is 11.5 Å². The zero-order valence-electron chi connectivity index (χ0n) is 9.03. The van der Waals surface area contributed by atoms with Gasteiger partial charge in [0.1, 0.15) is 0 Å². The average molecular weight is 257 g/mol. The number of nitrogens with zero attached hydrogens (tertiary/aromatic N) is 4. The molecule has 2 amide bonds. The third kappa shape index (κ3) is 2.49. The Hall–Kier alpha value is -1.77. The van der Waals surface area contributed by atoms with Crippen molar-refractivity contribution in [3.05, 3.63) is 0 Å². The summed E-state index contributed by atoms with van der Waals surface area (Å²) >= 11 is 0.990. The molecule has 0 aliphatic carbocycles. The van der Waals surface area contributed by atoms with Gasteiger partial charge in [0, 0.05) is 30.5 Å². The van der Waals surface area contributed by atoms with Crippen molar-refractivity contribution in [2.45, 2.75) is 6.92 Å². The number of nitrogens with one attached hydrogen (secondary N) is 1. The van der Waals surface area contributed by atoms with Crippen molar-refractivity contribution >= 4 is 28.7 Å². The molecular formula is C8H11N5O3S. The largest absolute Gasteiger partial charge is 0.481 e. The Kier molecular flexibility index (Phi) is 3.18. The standard InChI is InChI=1S/C8H11N5O3S/c1-4(6(14)15)5-2-13(3-5)8(16)9-7-10-11-12-17-7/h4-5H,2-3H2,1H3,(H,14,15)(H,9,10,12,16). The number of likely N-dealkylation sites (tertiary alicyclic amines) is 1. The van der Waals surface area contributed by atoms with Gasteiger partial charge < -0.3 is 10.0 Å². The molecule has 1 aliphatic rings. The van der Waals surface area contributed by atoms with E-state index in [4.69, 9.17) is 5.11 Å². The number of aliphatic carboxylic acids is 1. The van der Waals surface area contributed by atoms with E-state index in [1.807, 2.05) is 0 Å². The fourth-order valence-electron chi connectivity index (χ4n) is 1.55. The summed E-state index contributed by atoms with van der Waals surface area (Å²) in [5.74, 6) is -1.24. The highest BCUT2D eigenvalue weighted by Crippen LogP contribution is 2.24. The Balaban J connectivity index is 1.80. The minimum atomic E-state index is -0.830. The minimum absolute atomic E-state index is 0.0193. The van der Waals surface area contributed by atoms with Crippen LogP contribution < -0.4 is 5.32 Å². The molecule has 1 saturated heterocycles. The maximum absolute atomic E-state index is 11.6. The van der Waals surface area contributed by atoms with Gasteiger partial charge >= 0.3 is 12.0 Å². The molecule has 2 heterocycles. The van der Waals surface area contributed by atoms with Gasteiger partial charge in [-0.1, -0.05) is 16.5 Å². The monoisotopic (exact) mass is 257 g/mol. The molecule has 1 aromatic heterocycles. The van der Waals surface area contributed by atoms with Crippen LogP contribution in [0.5, 0.6) is 0 Å². The number of aromatic nitrogens is 3. The van der Waals surface area contributed by atoms with Crippen LogP contribution in [-0.4, -0.2) is 49.9 Å². The Bertz CT molecular complexity index is 417. The Morgan fingerprint density at radius 3 is 2.82 bits per heavy atom. The summed E-state index contributed by atoms with van der Waals surface area (Å²) in [4.78, 5) is 23.9. The van der Waals surface area contributed by atoms with Gasteiger partial charge in [-0.25, -0.2) is 4.79 Å². The fourth-order valence-corrected chi connectivity index (χ4v) is 1.91. The number of amides is 2. The number of carboxylic acids is 1. The molecule has 1 unspecified atom stereocenters. The van der Waals surface area contributed by atoms with E-state index in [1.165, 1.54) is 4.90 Å². The number of carbonyl (C=O) groups excluding carboxylic acids is 1. The van der Waals surface area contributed by atoms with E-state index in [1.54, 1.807) is 6.92 Å². The zero-order chi connectivity index (χ0) is 12.4. The van der Waals surface area contributed by atoms with Crippen molar-refractivity contribution < 1.29 is 14.7 Å². The Morgan fingerprint density at radius 1 is 1.59 bits per heavy atom. The summed E-state index contributed by atoms with van der Waals surface area (Å²) in [6.45, 7) is 2.55. The molecule has 1 aliphatic heterocycles. The number of carboxylic acid groups (broad SMARTS) is 1. The molecule has 0 radical (unpaired) electrons. The quantitative estimate of drug-likeness (QED) is 0.796. The molecule has 8 nitrogen and oxygen atoms in total. The second-order valence-electron chi connectivity index (χ2n) is 3.89. The number of carbonyl (C=O) groups is 2. The van der Waals surface area contributed by atoms with Gasteiger partial charge in [-0.2, -0.15) is 0 Å². The van der Waals surface area contributed by atoms with Crippen molar-refractivity contribution in [2.24, 2.45) is 11.8 Å². The first-order valence-electron chi connectivity index (χ1n) is 5.01. The molecule has 17 heavy (non-hydrogen) atoms. The normalized spacial score (nSPS) is 17.4. The van der Waals surface area contributed by atoms with Crippen LogP contribution in [0.1, 0.15) is 6.92 Å². The summed E-state index contributed by atoms with van der Waals surface area (Å²) in [5.41, 5.74) is 0. The first-order chi connectivity index (χ1) is 8.08. The second kappa shape index (κ2) is 4.62. The van der Waals surface area contributed by atoms with Crippen LogP contribution in [0.4, 0.5) is 9.93 Å². The Morgan fingerprint density at radius 2 is 2.29 bits per heavy atom. The first kappa shape index (κ1) is 11.7. The highest BCUT2D eigenvalue weighted by atomic mass is 32.1. The third-order valence-electron chi connectivity index (χ3n) is 2.81. The van der Waals surface area contributed by atoms with Crippen molar-refractivity contribution in [3.8, 4) is 0 Å². The van der Waals surface area contributed by atoms with Gasteiger partial charge in [-0.3, -0.25) is 10.1 Å². The minimum Gasteiger partial charge on any atom is -0.481 e. The zero-order valence-corrected chi connectivity index (χ0v) is 9.85.